The molecule has 4 rings (SSSR count). The van der Waals surface area contributed by atoms with Crippen LogP contribution in [0.3, 0.4) is 0 Å². The Balaban J connectivity index is 1.75. The predicted molar refractivity (Wildman–Crippen MR) is 105 cm³/mol. The molecule has 2 aromatic heterocycles. The Morgan fingerprint density at radius 2 is 1.89 bits per heavy atom. The summed E-state index contributed by atoms with van der Waals surface area (Å²) >= 11 is 7.53. The normalized spacial score (nSPS) is 11.1. The number of rotatable bonds is 5. The van der Waals surface area contributed by atoms with E-state index in [1.54, 1.807) is 6.92 Å². The maximum Gasteiger partial charge on any atom is 0.237 e. The minimum absolute atomic E-state index is 0.519. The first-order valence-electron chi connectivity index (χ1n) is 8.30. The Labute approximate surface area is 165 Å². The molecule has 0 aliphatic rings. The highest BCUT2D eigenvalue weighted by atomic mass is 35.5. The van der Waals surface area contributed by atoms with Crippen molar-refractivity contribution in [3.8, 4) is 17.1 Å². The molecule has 27 heavy (non-hydrogen) atoms. The summed E-state index contributed by atoms with van der Waals surface area (Å²) in [5, 5.41) is 14.1. The zero-order chi connectivity index (χ0) is 18.8. The standard InChI is InChI=1S/C19H16ClN5OS/c1-12-4-3-5-16(10-12)25-18(14-6-8-15(20)9-7-14)22-23-19(25)27-11-17-21-13(2)24-26-17/h3-10H,11H2,1-2H3. The van der Waals surface area contributed by atoms with Gasteiger partial charge in [-0.3, -0.25) is 4.57 Å². The van der Waals surface area contributed by atoms with Crippen molar-refractivity contribution >= 4 is 23.4 Å². The maximum atomic E-state index is 6.03. The zero-order valence-electron chi connectivity index (χ0n) is 14.8. The smallest absolute Gasteiger partial charge is 0.237 e. The van der Waals surface area contributed by atoms with Crippen molar-refractivity contribution in [2.24, 2.45) is 0 Å². The fraction of sp³-hybridized carbons (Fsp3) is 0.158. The van der Waals surface area contributed by atoms with Crippen LogP contribution in [-0.4, -0.2) is 24.9 Å². The second-order valence-electron chi connectivity index (χ2n) is 6.01. The highest BCUT2D eigenvalue weighted by molar-refractivity contribution is 7.98. The van der Waals surface area contributed by atoms with Crippen molar-refractivity contribution in [1.82, 2.24) is 24.9 Å². The average Bonchev–Trinajstić information content (AvgIpc) is 3.26. The third-order valence-corrected chi connectivity index (χ3v) is 5.06. The monoisotopic (exact) mass is 397 g/mol. The van der Waals surface area contributed by atoms with E-state index in [9.17, 15) is 0 Å². The molecule has 0 saturated heterocycles. The highest BCUT2D eigenvalue weighted by Crippen LogP contribution is 2.30. The number of nitrogens with zero attached hydrogens (tertiary/aromatic N) is 5. The fourth-order valence-electron chi connectivity index (χ4n) is 2.67. The van der Waals surface area contributed by atoms with E-state index in [1.165, 1.54) is 11.8 Å². The molecule has 8 heteroatoms. The molecule has 4 aromatic rings. The minimum atomic E-state index is 0.519. The number of hydrogen-bond donors (Lipinski definition) is 0. The van der Waals surface area contributed by atoms with E-state index in [-0.39, 0.29) is 0 Å². The van der Waals surface area contributed by atoms with Gasteiger partial charge in [0.05, 0.1) is 5.75 Å². The second-order valence-corrected chi connectivity index (χ2v) is 7.39. The number of halogens is 1. The molecular formula is C19H16ClN5OS. The minimum Gasteiger partial charge on any atom is -0.338 e. The summed E-state index contributed by atoms with van der Waals surface area (Å²) in [7, 11) is 0. The molecule has 136 valence electrons. The van der Waals surface area contributed by atoms with Gasteiger partial charge in [0.25, 0.3) is 0 Å². The summed E-state index contributed by atoms with van der Waals surface area (Å²) in [6, 6.07) is 15.8. The molecule has 0 atom stereocenters. The Bertz CT molecular complexity index is 1070. The van der Waals surface area contributed by atoms with E-state index >= 15 is 0 Å². The number of hydrogen-bond acceptors (Lipinski definition) is 6. The molecule has 0 saturated carbocycles. The Morgan fingerprint density at radius 3 is 2.59 bits per heavy atom. The van der Waals surface area contributed by atoms with E-state index < -0.39 is 0 Å². The molecule has 0 radical (unpaired) electrons. The average molecular weight is 398 g/mol. The van der Waals surface area contributed by atoms with Crippen LogP contribution in [0, 0.1) is 13.8 Å². The van der Waals surface area contributed by atoms with Crippen LogP contribution in [0.5, 0.6) is 0 Å². The zero-order valence-corrected chi connectivity index (χ0v) is 16.3. The lowest BCUT2D eigenvalue weighted by molar-refractivity contribution is 0.387. The number of aryl methyl sites for hydroxylation is 2. The van der Waals surface area contributed by atoms with Gasteiger partial charge in [0.15, 0.2) is 16.8 Å². The summed E-state index contributed by atoms with van der Waals surface area (Å²) in [5.41, 5.74) is 3.09. The van der Waals surface area contributed by atoms with Gasteiger partial charge in [-0.25, -0.2) is 0 Å². The van der Waals surface area contributed by atoms with E-state index in [0.29, 0.717) is 22.5 Å². The van der Waals surface area contributed by atoms with Gasteiger partial charge in [0.1, 0.15) is 0 Å². The molecule has 0 aliphatic heterocycles. The van der Waals surface area contributed by atoms with E-state index in [0.717, 1.165) is 27.8 Å². The van der Waals surface area contributed by atoms with Crippen molar-refractivity contribution in [2.45, 2.75) is 24.8 Å². The Hall–Kier alpha value is -2.64. The van der Waals surface area contributed by atoms with Crippen LogP contribution in [0.1, 0.15) is 17.3 Å². The van der Waals surface area contributed by atoms with E-state index in [4.69, 9.17) is 16.1 Å². The molecule has 0 bridgehead atoms. The lowest BCUT2D eigenvalue weighted by Gasteiger charge is -2.10. The molecular weight excluding hydrogens is 382 g/mol. The lowest BCUT2D eigenvalue weighted by Crippen LogP contribution is -2.00. The van der Waals surface area contributed by atoms with Gasteiger partial charge in [-0.1, -0.05) is 40.7 Å². The number of thioether (sulfide) groups is 1. The Morgan fingerprint density at radius 1 is 1.07 bits per heavy atom. The van der Waals surface area contributed by atoms with Crippen molar-refractivity contribution in [3.63, 3.8) is 0 Å². The van der Waals surface area contributed by atoms with Gasteiger partial charge in [-0.2, -0.15) is 4.98 Å². The highest BCUT2D eigenvalue weighted by Gasteiger charge is 2.17. The first-order valence-corrected chi connectivity index (χ1v) is 9.67. The first-order chi connectivity index (χ1) is 13.1. The summed E-state index contributed by atoms with van der Waals surface area (Å²) < 4.78 is 7.23. The first kappa shape index (κ1) is 17.8. The second kappa shape index (κ2) is 7.54. The quantitative estimate of drug-likeness (QED) is 0.447. The topological polar surface area (TPSA) is 69.6 Å². The van der Waals surface area contributed by atoms with Crippen LogP contribution < -0.4 is 0 Å². The third kappa shape index (κ3) is 3.89. The van der Waals surface area contributed by atoms with Gasteiger partial charge in [0, 0.05) is 16.3 Å². The summed E-state index contributed by atoms with van der Waals surface area (Å²) in [6.07, 6.45) is 0. The van der Waals surface area contributed by atoms with E-state index in [1.807, 2.05) is 41.0 Å². The Kier molecular flexibility index (Phi) is 4.96. The molecule has 0 spiro atoms. The maximum absolute atomic E-state index is 6.03. The summed E-state index contributed by atoms with van der Waals surface area (Å²) in [4.78, 5) is 4.25. The van der Waals surface area contributed by atoms with Gasteiger partial charge in [0.2, 0.25) is 5.89 Å². The van der Waals surface area contributed by atoms with Crippen LogP contribution in [0.2, 0.25) is 5.02 Å². The molecule has 0 fully saturated rings. The summed E-state index contributed by atoms with van der Waals surface area (Å²) in [6.45, 7) is 3.86. The van der Waals surface area contributed by atoms with Crippen molar-refractivity contribution in [2.75, 3.05) is 0 Å². The van der Waals surface area contributed by atoms with Gasteiger partial charge in [-0.15, -0.1) is 10.2 Å². The van der Waals surface area contributed by atoms with Crippen molar-refractivity contribution in [1.29, 1.82) is 0 Å². The largest absolute Gasteiger partial charge is 0.338 e. The lowest BCUT2D eigenvalue weighted by atomic mass is 10.2. The van der Waals surface area contributed by atoms with Crippen molar-refractivity contribution in [3.05, 3.63) is 70.8 Å². The molecule has 0 N–H and O–H groups in total. The predicted octanol–water partition coefficient (Wildman–Crippen LogP) is 4.88. The molecule has 6 nitrogen and oxygen atoms in total. The molecule has 2 aromatic carbocycles. The molecule has 0 unspecified atom stereocenters. The van der Waals surface area contributed by atoms with Crippen LogP contribution in [0.4, 0.5) is 0 Å². The number of aromatic nitrogens is 5. The van der Waals surface area contributed by atoms with Crippen LogP contribution in [-0.2, 0) is 5.75 Å². The van der Waals surface area contributed by atoms with Gasteiger partial charge >= 0.3 is 0 Å². The SMILES string of the molecule is Cc1cccc(-n2c(SCc3nc(C)no3)nnc2-c2ccc(Cl)cc2)c1. The van der Waals surface area contributed by atoms with Crippen LogP contribution >= 0.6 is 23.4 Å². The molecule has 0 amide bonds. The fourth-order valence-corrected chi connectivity index (χ4v) is 3.59. The van der Waals surface area contributed by atoms with Crippen LogP contribution in [0.25, 0.3) is 17.1 Å². The van der Waals surface area contributed by atoms with Gasteiger partial charge in [-0.05, 0) is 55.8 Å². The third-order valence-electron chi connectivity index (χ3n) is 3.89. The van der Waals surface area contributed by atoms with Crippen LogP contribution in [0.15, 0.2) is 58.2 Å². The van der Waals surface area contributed by atoms with Crippen molar-refractivity contribution < 1.29 is 4.52 Å². The summed E-state index contributed by atoms with van der Waals surface area (Å²) in [5.74, 6) is 2.45. The van der Waals surface area contributed by atoms with Gasteiger partial charge < -0.3 is 4.52 Å². The molecule has 0 aliphatic carbocycles. The molecule has 2 heterocycles. The van der Waals surface area contributed by atoms with E-state index in [2.05, 4.69) is 39.4 Å². The number of benzene rings is 2.